The van der Waals surface area contributed by atoms with Crippen molar-refractivity contribution in [1.82, 2.24) is 14.5 Å². The molecule has 96 valence electrons. The minimum absolute atomic E-state index is 0.436. The van der Waals surface area contributed by atoms with E-state index in [9.17, 15) is 13.2 Å². The molecule has 0 fully saturated rings. The molecular weight excluding hydrogens is 265 g/mol. The van der Waals surface area contributed by atoms with Crippen LogP contribution in [0.15, 0.2) is 17.9 Å². The average Bonchev–Trinajstić information content (AvgIpc) is 2.82. The summed E-state index contributed by atoms with van der Waals surface area (Å²) in [4.78, 5) is 7.83. The molecule has 0 aliphatic heterocycles. The number of aromatic nitrogens is 3. The van der Waals surface area contributed by atoms with Gasteiger partial charge in [0, 0.05) is 11.6 Å². The predicted molar refractivity (Wildman–Crippen MR) is 63.7 cm³/mol. The number of halogens is 3. The Morgan fingerprint density at radius 1 is 1.33 bits per heavy atom. The predicted octanol–water partition coefficient (Wildman–Crippen LogP) is 2.65. The smallest absolute Gasteiger partial charge is 0.375 e. The summed E-state index contributed by atoms with van der Waals surface area (Å²) >= 11 is 1.29. The maximum atomic E-state index is 12.1. The Balaban J connectivity index is 2.04. The molecule has 2 aromatic heterocycles. The molecule has 2 aromatic rings. The fourth-order valence-electron chi connectivity index (χ4n) is 1.30. The van der Waals surface area contributed by atoms with Crippen LogP contribution in [0.1, 0.15) is 11.4 Å². The van der Waals surface area contributed by atoms with Crippen LogP contribution in [0.3, 0.4) is 0 Å². The minimum Gasteiger partial charge on any atom is -0.375 e. The molecule has 18 heavy (non-hydrogen) atoms. The van der Waals surface area contributed by atoms with Crippen LogP contribution in [0.25, 0.3) is 12.2 Å². The number of alkyl halides is 3. The van der Waals surface area contributed by atoms with E-state index in [1.165, 1.54) is 17.5 Å². The van der Waals surface area contributed by atoms with Crippen LogP contribution in [0.4, 0.5) is 18.3 Å². The van der Waals surface area contributed by atoms with E-state index in [0.717, 1.165) is 10.9 Å². The molecule has 0 amide bonds. The minimum atomic E-state index is -4.24. The Morgan fingerprint density at radius 2 is 2.06 bits per heavy atom. The highest BCUT2D eigenvalue weighted by Crippen LogP contribution is 2.18. The number of nitrogen functional groups attached to an aromatic ring is 1. The molecule has 4 nitrogen and oxygen atoms in total. The third kappa shape index (κ3) is 3.59. The quantitative estimate of drug-likeness (QED) is 0.936. The number of nitrogens with zero attached hydrogens (tertiary/aromatic N) is 3. The Morgan fingerprint density at radius 3 is 2.67 bits per heavy atom. The number of thiazole rings is 1. The zero-order valence-electron chi connectivity index (χ0n) is 9.05. The summed E-state index contributed by atoms with van der Waals surface area (Å²) in [5, 5.41) is 2.19. The van der Waals surface area contributed by atoms with Gasteiger partial charge in [-0.1, -0.05) is 0 Å². The van der Waals surface area contributed by atoms with Crippen molar-refractivity contribution < 1.29 is 13.2 Å². The molecule has 0 spiro atoms. The van der Waals surface area contributed by atoms with Gasteiger partial charge in [0.1, 0.15) is 6.54 Å². The molecule has 0 aliphatic rings. The molecule has 2 heterocycles. The SMILES string of the molecule is Nc1nc(C=Cc2cn(CC(F)(F)F)cn2)cs1. The first-order valence-corrected chi connectivity index (χ1v) is 5.78. The van der Waals surface area contributed by atoms with E-state index >= 15 is 0 Å². The lowest BCUT2D eigenvalue weighted by molar-refractivity contribution is -0.140. The molecule has 0 atom stereocenters. The lowest BCUT2D eigenvalue weighted by Crippen LogP contribution is -2.16. The van der Waals surface area contributed by atoms with Gasteiger partial charge in [-0.2, -0.15) is 13.2 Å². The second-order valence-electron chi connectivity index (χ2n) is 3.53. The number of nitrogens with two attached hydrogens (primary N) is 1. The normalized spacial score (nSPS) is 12.4. The number of rotatable bonds is 3. The molecular formula is C10H9F3N4S. The van der Waals surface area contributed by atoms with Crippen LogP contribution in [0, 0.1) is 0 Å². The van der Waals surface area contributed by atoms with Crippen molar-refractivity contribution in [1.29, 1.82) is 0 Å². The molecule has 0 unspecified atom stereocenters. The Kier molecular flexibility index (Phi) is 3.37. The first kappa shape index (κ1) is 12.6. The number of anilines is 1. The van der Waals surface area contributed by atoms with E-state index in [2.05, 4.69) is 9.97 Å². The summed E-state index contributed by atoms with van der Waals surface area (Å²) in [6, 6.07) is 0. The van der Waals surface area contributed by atoms with E-state index in [0.29, 0.717) is 16.5 Å². The molecule has 0 aromatic carbocycles. The zero-order valence-corrected chi connectivity index (χ0v) is 9.87. The zero-order chi connectivity index (χ0) is 13.2. The number of imidazole rings is 1. The third-order valence-corrected chi connectivity index (χ3v) is 2.67. The van der Waals surface area contributed by atoms with Gasteiger partial charge in [-0.25, -0.2) is 9.97 Å². The maximum absolute atomic E-state index is 12.1. The second-order valence-corrected chi connectivity index (χ2v) is 4.42. The highest BCUT2D eigenvalue weighted by Gasteiger charge is 2.27. The van der Waals surface area contributed by atoms with Gasteiger partial charge in [0.15, 0.2) is 5.13 Å². The molecule has 0 saturated heterocycles. The van der Waals surface area contributed by atoms with Crippen LogP contribution in [-0.4, -0.2) is 20.7 Å². The monoisotopic (exact) mass is 274 g/mol. The summed E-state index contributed by atoms with van der Waals surface area (Å²) in [5.41, 5.74) is 6.54. The van der Waals surface area contributed by atoms with Gasteiger partial charge in [0.05, 0.1) is 17.7 Å². The molecule has 0 radical (unpaired) electrons. The fraction of sp³-hybridized carbons (Fsp3) is 0.200. The molecule has 2 N–H and O–H groups in total. The first-order valence-electron chi connectivity index (χ1n) is 4.90. The lowest BCUT2D eigenvalue weighted by atomic mass is 10.3. The number of hydrogen-bond donors (Lipinski definition) is 1. The maximum Gasteiger partial charge on any atom is 0.406 e. The first-order chi connectivity index (χ1) is 8.42. The summed E-state index contributed by atoms with van der Waals surface area (Å²) < 4.78 is 37.3. The summed E-state index contributed by atoms with van der Waals surface area (Å²) in [6.45, 7) is -1.04. The van der Waals surface area contributed by atoms with Gasteiger partial charge in [-0.3, -0.25) is 0 Å². The Labute approximate surface area is 105 Å². The van der Waals surface area contributed by atoms with Crippen LogP contribution >= 0.6 is 11.3 Å². The Hall–Kier alpha value is -1.83. The van der Waals surface area contributed by atoms with Crippen LogP contribution in [0.5, 0.6) is 0 Å². The van der Waals surface area contributed by atoms with Crippen molar-refractivity contribution in [2.45, 2.75) is 12.7 Å². The molecule has 0 saturated carbocycles. The topological polar surface area (TPSA) is 56.7 Å². The van der Waals surface area contributed by atoms with E-state index in [-0.39, 0.29) is 0 Å². The molecule has 2 rings (SSSR count). The van der Waals surface area contributed by atoms with E-state index in [1.54, 1.807) is 17.5 Å². The van der Waals surface area contributed by atoms with Gasteiger partial charge in [-0.05, 0) is 12.2 Å². The Bertz CT molecular complexity index is 555. The van der Waals surface area contributed by atoms with E-state index in [4.69, 9.17) is 5.73 Å². The van der Waals surface area contributed by atoms with Crippen LogP contribution in [-0.2, 0) is 6.54 Å². The highest BCUT2D eigenvalue weighted by molar-refractivity contribution is 7.13. The van der Waals surface area contributed by atoms with Gasteiger partial charge in [0.25, 0.3) is 0 Å². The van der Waals surface area contributed by atoms with Crippen molar-refractivity contribution in [3.05, 3.63) is 29.3 Å². The number of hydrogen-bond acceptors (Lipinski definition) is 4. The van der Waals surface area contributed by atoms with Crippen molar-refractivity contribution >= 4 is 28.6 Å². The van der Waals surface area contributed by atoms with Gasteiger partial charge < -0.3 is 10.3 Å². The molecule has 0 bridgehead atoms. The standard InChI is InChI=1S/C10H9F3N4S/c11-10(12,13)5-17-3-7(15-6-17)1-2-8-4-18-9(14)16-8/h1-4,6H,5H2,(H2,14,16). The fourth-order valence-corrected chi connectivity index (χ4v) is 1.84. The summed E-state index contributed by atoms with van der Waals surface area (Å²) in [7, 11) is 0. The van der Waals surface area contributed by atoms with Crippen molar-refractivity contribution in [3.8, 4) is 0 Å². The largest absolute Gasteiger partial charge is 0.406 e. The van der Waals surface area contributed by atoms with Gasteiger partial charge >= 0.3 is 6.18 Å². The second kappa shape index (κ2) is 4.81. The van der Waals surface area contributed by atoms with Crippen LogP contribution < -0.4 is 5.73 Å². The van der Waals surface area contributed by atoms with Gasteiger partial charge in [0.2, 0.25) is 0 Å². The molecule has 8 heteroatoms. The summed E-state index contributed by atoms with van der Waals surface area (Å²) in [5.74, 6) is 0. The lowest BCUT2D eigenvalue weighted by Gasteiger charge is -2.05. The highest BCUT2D eigenvalue weighted by atomic mass is 32.1. The van der Waals surface area contributed by atoms with Gasteiger partial charge in [-0.15, -0.1) is 11.3 Å². The average molecular weight is 274 g/mol. The van der Waals surface area contributed by atoms with E-state index < -0.39 is 12.7 Å². The summed E-state index contributed by atoms with van der Waals surface area (Å²) in [6.07, 6.45) is 1.45. The van der Waals surface area contributed by atoms with E-state index in [1.807, 2.05) is 0 Å². The van der Waals surface area contributed by atoms with Crippen LogP contribution in [0.2, 0.25) is 0 Å². The van der Waals surface area contributed by atoms with Crippen molar-refractivity contribution in [2.24, 2.45) is 0 Å². The van der Waals surface area contributed by atoms with Crippen molar-refractivity contribution in [3.63, 3.8) is 0 Å². The molecule has 0 aliphatic carbocycles. The van der Waals surface area contributed by atoms with Crippen molar-refractivity contribution in [2.75, 3.05) is 5.73 Å². The third-order valence-electron chi connectivity index (χ3n) is 1.98.